The highest BCUT2D eigenvalue weighted by Crippen LogP contribution is 2.46. The molecule has 0 aliphatic heterocycles. The number of halogens is 3. The van der Waals surface area contributed by atoms with Crippen LogP contribution in [0.25, 0.3) is 34.0 Å². The lowest BCUT2D eigenvalue weighted by atomic mass is 10.1. The number of aliphatic carboxylic acids is 1. The average molecular weight is 511 g/mol. The Kier molecular flexibility index (Phi) is 6.02. The Morgan fingerprint density at radius 1 is 1.05 bits per heavy atom. The van der Waals surface area contributed by atoms with Gasteiger partial charge in [0.1, 0.15) is 17.8 Å². The van der Waals surface area contributed by atoms with Crippen molar-refractivity contribution in [2.24, 2.45) is 5.41 Å². The molecule has 2 N–H and O–H groups in total. The van der Waals surface area contributed by atoms with Crippen molar-refractivity contribution in [1.29, 1.82) is 0 Å². The first-order chi connectivity index (χ1) is 17.6. The van der Waals surface area contributed by atoms with Crippen LogP contribution in [0.2, 0.25) is 0 Å². The van der Waals surface area contributed by atoms with Gasteiger partial charge in [-0.25, -0.2) is 19.9 Å². The van der Waals surface area contributed by atoms with Crippen molar-refractivity contribution >= 4 is 5.97 Å². The lowest BCUT2D eigenvalue weighted by Crippen LogP contribution is -2.23. The SMILES string of the molecule is Cc1cc(OCC2(C(=O)O)CC2)ncc1-c1cnc(-c2ncc(-c3ccccc3OC(F)(F)F)[nH]2)nc1. The first-order valence-electron chi connectivity index (χ1n) is 11.2. The Balaban J connectivity index is 1.31. The number of rotatable bonds is 8. The van der Waals surface area contributed by atoms with E-state index in [1.807, 2.05) is 6.92 Å². The maximum atomic E-state index is 12.8. The third kappa shape index (κ3) is 5.22. The third-order valence-electron chi connectivity index (χ3n) is 6.04. The molecule has 1 aromatic carbocycles. The van der Waals surface area contributed by atoms with Crippen LogP contribution in [0.15, 0.2) is 55.1 Å². The number of hydrogen-bond donors (Lipinski definition) is 2. The standard InChI is InChI=1S/C25H20F3N5O4/c1-14-8-20(36-13-24(6-7-24)23(34)35)29-11-17(14)15-9-30-21(31-10-15)22-32-12-18(33-22)16-4-2-3-5-19(16)37-25(26,27)28/h2-5,8-12H,6-7,13H2,1H3,(H,32,33)(H,34,35). The Bertz CT molecular complexity index is 1450. The highest BCUT2D eigenvalue weighted by molar-refractivity contribution is 5.78. The van der Waals surface area contributed by atoms with Crippen molar-refractivity contribution in [1.82, 2.24) is 24.9 Å². The van der Waals surface area contributed by atoms with Crippen molar-refractivity contribution in [3.63, 3.8) is 0 Å². The second kappa shape index (κ2) is 9.19. The van der Waals surface area contributed by atoms with Crippen LogP contribution in [-0.4, -0.2) is 49.0 Å². The molecule has 4 aromatic rings. The number of carboxylic acids is 1. The van der Waals surface area contributed by atoms with Gasteiger partial charge in [-0.15, -0.1) is 13.2 Å². The van der Waals surface area contributed by atoms with Crippen molar-refractivity contribution in [2.75, 3.05) is 6.61 Å². The number of imidazole rings is 1. The van der Waals surface area contributed by atoms with Crippen LogP contribution in [0.1, 0.15) is 18.4 Å². The van der Waals surface area contributed by atoms with Gasteiger partial charge in [0.25, 0.3) is 0 Å². The number of ether oxygens (including phenoxy) is 2. The summed E-state index contributed by atoms with van der Waals surface area (Å²) in [5, 5.41) is 9.28. The number of para-hydroxylation sites is 1. The number of pyridine rings is 1. The van der Waals surface area contributed by atoms with Crippen molar-refractivity contribution in [2.45, 2.75) is 26.1 Å². The van der Waals surface area contributed by atoms with E-state index in [-0.39, 0.29) is 29.6 Å². The minimum absolute atomic E-state index is 0.0733. The molecule has 37 heavy (non-hydrogen) atoms. The maximum absolute atomic E-state index is 12.8. The Labute approximate surface area is 208 Å². The van der Waals surface area contributed by atoms with Crippen molar-refractivity contribution in [3.8, 4) is 45.7 Å². The molecule has 0 radical (unpaired) electrons. The molecule has 9 nitrogen and oxygen atoms in total. The average Bonchev–Trinajstić information content (AvgIpc) is 3.51. The Morgan fingerprint density at radius 2 is 1.78 bits per heavy atom. The predicted octanol–water partition coefficient (Wildman–Crippen LogP) is 5.05. The smallest absolute Gasteiger partial charge is 0.481 e. The summed E-state index contributed by atoms with van der Waals surface area (Å²) in [4.78, 5) is 31.4. The van der Waals surface area contributed by atoms with Crippen LogP contribution in [-0.2, 0) is 4.79 Å². The predicted molar refractivity (Wildman–Crippen MR) is 124 cm³/mol. The number of aromatic amines is 1. The third-order valence-corrected chi connectivity index (χ3v) is 6.04. The van der Waals surface area contributed by atoms with Gasteiger partial charge in [-0.3, -0.25) is 4.79 Å². The van der Waals surface area contributed by atoms with Crippen LogP contribution in [0, 0.1) is 12.3 Å². The van der Waals surface area contributed by atoms with Gasteiger partial charge in [0.2, 0.25) is 5.88 Å². The molecule has 3 aromatic heterocycles. The molecule has 5 rings (SSSR count). The number of aromatic nitrogens is 5. The summed E-state index contributed by atoms with van der Waals surface area (Å²) in [6.07, 6.45) is 2.51. The van der Waals surface area contributed by atoms with Crippen molar-refractivity contribution < 1.29 is 32.5 Å². The zero-order valence-corrected chi connectivity index (χ0v) is 19.4. The Hall–Kier alpha value is -4.48. The fraction of sp³-hybridized carbons (Fsp3) is 0.240. The molecule has 0 saturated heterocycles. The summed E-state index contributed by atoms with van der Waals surface area (Å²) in [5.74, 6) is -0.357. The molecule has 1 aliphatic rings. The molecule has 0 amide bonds. The number of carboxylic acid groups (broad SMARTS) is 1. The van der Waals surface area contributed by atoms with Gasteiger partial charge in [0, 0.05) is 41.3 Å². The number of H-pyrrole nitrogens is 1. The molecular formula is C25H20F3N5O4. The topological polar surface area (TPSA) is 123 Å². The van der Waals surface area contributed by atoms with Crippen LogP contribution in [0.5, 0.6) is 11.6 Å². The largest absolute Gasteiger partial charge is 0.573 e. The zero-order valence-electron chi connectivity index (χ0n) is 19.4. The van der Waals surface area contributed by atoms with E-state index in [2.05, 4.69) is 29.7 Å². The summed E-state index contributed by atoms with van der Waals surface area (Å²) >= 11 is 0. The molecule has 1 aliphatic carbocycles. The van der Waals surface area contributed by atoms with E-state index in [1.165, 1.54) is 24.4 Å². The van der Waals surface area contributed by atoms with Gasteiger partial charge in [-0.2, -0.15) is 0 Å². The number of aryl methyl sites for hydroxylation is 1. The van der Waals surface area contributed by atoms with E-state index in [9.17, 15) is 23.1 Å². The number of benzene rings is 1. The molecule has 0 bridgehead atoms. The molecule has 190 valence electrons. The monoisotopic (exact) mass is 511 g/mol. The number of nitrogens with one attached hydrogen (secondary N) is 1. The second-order valence-corrected chi connectivity index (χ2v) is 8.70. The summed E-state index contributed by atoms with van der Waals surface area (Å²) < 4.78 is 48.0. The van der Waals surface area contributed by atoms with Crippen LogP contribution >= 0.6 is 0 Å². The second-order valence-electron chi connectivity index (χ2n) is 8.70. The highest BCUT2D eigenvalue weighted by atomic mass is 19.4. The molecule has 3 heterocycles. The first-order valence-corrected chi connectivity index (χ1v) is 11.2. The number of nitrogens with zero attached hydrogens (tertiary/aromatic N) is 4. The normalized spacial score (nSPS) is 14.3. The van der Waals surface area contributed by atoms with E-state index in [0.717, 1.165) is 11.1 Å². The molecule has 1 saturated carbocycles. The van der Waals surface area contributed by atoms with E-state index >= 15 is 0 Å². The van der Waals surface area contributed by atoms with Gasteiger partial charge >= 0.3 is 12.3 Å². The maximum Gasteiger partial charge on any atom is 0.573 e. The van der Waals surface area contributed by atoms with E-state index in [0.29, 0.717) is 30.0 Å². The number of hydrogen-bond acceptors (Lipinski definition) is 7. The lowest BCUT2D eigenvalue weighted by Gasteiger charge is -2.12. The van der Waals surface area contributed by atoms with Gasteiger partial charge in [-0.1, -0.05) is 12.1 Å². The quantitative estimate of drug-likeness (QED) is 0.337. The molecule has 0 spiro atoms. The van der Waals surface area contributed by atoms with Gasteiger partial charge in [0.05, 0.1) is 11.9 Å². The van der Waals surface area contributed by atoms with Crippen LogP contribution in [0.4, 0.5) is 13.2 Å². The molecule has 1 fully saturated rings. The molecule has 0 atom stereocenters. The summed E-state index contributed by atoms with van der Waals surface area (Å²) in [5.41, 5.74) is 1.97. The van der Waals surface area contributed by atoms with E-state index in [4.69, 9.17) is 4.74 Å². The van der Waals surface area contributed by atoms with Crippen molar-refractivity contribution in [3.05, 3.63) is 60.7 Å². The molecule has 12 heteroatoms. The van der Waals surface area contributed by atoms with Crippen LogP contribution < -0.4 is 9.47 Å². The van der Waals surface area contributed by atoms with E-state index < -0.39 is 17.7 Å². The van der Waals surface area contributed by atoms with Crippen LogP contribution in [0.3, 0.4) is 0 Å². The fourth-order valence-electron chi connectivity index (χ4n) is 3.76. The minimum Gasteiger partial charge on any atom is -0.481 e. The van der Waals surface area contributed by atoms with Gasteiger partial charge in [-0.05, 0) is 37.5 Å². The summed E-state index contributed by atoms with van der Waals surface area (Å²) in [7, 11) is 0. The summed E-state index contributed by atoms with van der Waals surface area (Å²) in [6, 6.07) is 7.46. The van der Waals surface area contributed by atoms with Gasteiger partial charge in [0.15, 0.2) is 11.6 Å². The lowest BCUT2D eigenvalue weighted by molar-refractivity contribution is -0.274. The molecule has 0 unspecified atom stereocenters. The number of alkyl halides is 3. The van der Waals surface area contributed by atoms with Gasteiger partial charge < -0.3 is 19.6 Å². The van der Waals surface area contributed by atoms with E-state index in [1.54, 1.807) is 30.7 Å². The Morgan fingerprint density at radius 3 is 2.43 bits per heavy atom. The highest BCUT2D eigenvalue weighted by Gasteiger charge is 2.51. The molecular weight excluding hydrogens is 491 g/mol. The minimum atomic E-state index is -4.83. The summed E-state index contributed by atoms with van der Waals surface area (Å²) in [6.45, 7) is 1.94. The fourth-order valence-corrected chi connectivity index (χ4v) is 3.76. The zero-order chi connectivity index (χ0) is 26.2. The number of carbonyl (C=O) groups is 1. The first kappa shape index (κ1) is 24.2.